The van der Waals surface area contributed by atoms with E-state index in [9.17, 15) is 13.2 Å². The molecule has 0 unspecified atom stereocenters. The summed E-state index contributed by atoms with van der Waals surface area (Å²) in [4.78, 5) is 4.44. The Kier molecular flexibility index (Phi) is 4.11. The van der Waals surface area contributed by atoms with Crippen molar-refractivity contribution in [1.29, 1.82) is 0 Å². The molecule has 6 heteroatoms. The molecular weight excluding hydrogens is 257 g/mol. The van der Waals surface area contributed by atoms with Crippen LogP contribution in [0.25, 0.3) is 10.9 Å². The van der Waals surface area contributed by atoms with Gasteiger partial charge in [-0.25, -0.2) is 13.2 Å². The molecule has 0 radical (unpaired) electrons. The number of hydrogen-bond acceptors (Lipinski definition) is 2. The maximum Gasteiger partial charge on any atom is 0.183 e. The molecule has 1 aromatic carbocycles. The average molecular weight is 272 g/mol. The van der Waals surface area contributed by atoms with Crippen LogP contribution in [-0.4, -0.2) is 41.7 Å². The van der Waals surface area contributed by atoms with E-state index in [1.54, 1.807) is 0 Å². The number of halogens is 3. The van der Waals surface area contributed by atoms with Gasteiger partial charge in [0.1, 0.15) is 5.82 Å². The Bertz CT molecular complexity index is 583. The minimum absolute atomic E-state index is 0.0403. The van der Waals surface area contributed by atoms with Gasteiger partial charge >= 0.3 is 0 Å². The summed E-state index contributed by atoms with van der Waals surface area (Å²) in [5.74, 6) is -3.03. The zero-order chi connectivity index (χ0) is 14.0. The first-order chi connectivity index (χ1) is 9.04. The zero-order valence-electron chi connectivity index (χ0n) is 10.5. The Morgan fingerprint density at radius 3 is 2.63 bits per heavy atom. The molecule has 0 amide bonds. The van der Waals surface area contributed by atoms with Crippen LogP contribution in [0.4, 0.5) is 13.2 Å². The molecule has 104 valence electrons. The minimum Gasteiger partial charge on any atom is -0.395 e. The van der Waals surface area contributed by atoms with Crippen LogP contribution in [0.1, 0.15) is 5.56 Å². The first-order valence-corrected chi connectivity index (χ1v) is 5.97. The van der Waals surface area contributed by atoms with Gasteiger partial charge in [0.25, 0.3) is 0 Å². The highest BCUT2D eigenvalue weighted by molar-refractivity contribution is 5.84. The first-order valence-electron chi connectivity index (χ1n) is 5.97. The molecule has 19 heavy (non-hydrogen) atoms. The van der Waals surface area contributed by atoms with E-state index >= 15 is 0 Å². The second-order valence-corrected chi connectivity index (χ2v) is 4.49. The van der Waals surface area contributed by atoms with Gasteiger partial charge < -0.3 is 15.0 Å². The van der Waals surface area contributed by atoms with E-state index in [2.05, 4.69) is 4.98 Å². The number of benzene rings is 1. The molecule has 3 nitrogen and oxygen atoms in total. The standard InChI is InChI=1S/C13H15F3N2O/c1-18(4-5-19)3-2-8-7-17-13-11(8)9(14)6-10(15)12(13)16/h6-7,17,19H,2-5H2,1H3. The number of aliphatic hydroxyl groups is 1. The van der Waals surface area contributed by atoms with Crippen LogP contribution >= 0.6 is 0 Å². The Labute approximate surface area is 108 Å². The lowest BCUT2D eigenvalue weighted by Crippen LogP contribution is -2.24. The lowest BCUT2D eigenvalue weighted by molar-refractivity contribution is 0.223. The van der Waals surface area contributed by atoms with Crippen molar-refractivity contribution < 1.29 is 18.3 Å². The molecule has 0 spiro atoms. The van der Waals surface area contributed by atoms with Gasteiger partial charge in [0.2, 0.25) is 0 Å². The Morgan fingerprint density at radius 2 is 1.95 bits per heavy atom. The minimum atomic E-state index is -1.20. The predicted octanol–water partition coefficient (Wildman–Crippen LogP) is 2.05. The van der Waals surface area contributed by atoms with E-state index in [1.165, 1.54) is 6.20 Å². The number of aromatic amines is 1. The fraction of sp³-hybridized carbons (Fsp3) is 0.385. The van der Waals surface area contributed by atoms with Crippen molar-refractivity contribution in [3.8, 4) is 0 Å². The van der Waals surface area contributed by atoms with Crippen molar-refractivity contribution in [2.24, 2.45) is 0 Å². The van der Waals surface area contributed by atoms with E-state index < -0.39 is 17.5 Å². The van der Waals surface area contributed by atoms with Crippen molar-refractivity contribution in [3.63, 3.8) is 0 Å². The molecule has 0 saturated heterocycles. The molecule has 0 saturated carbocycles. The molecule has 1 heterocycles. The Morgan fingerprint density at radius 1 is 1.21 bits per heavy atom. The molecule has 0 bridgehead atoms. The molecule has 0 aliphatic heterocycles. The van der Waals surface area contributed by atoms with E-state index in [4.69, 9.17) is 5.11 Å². The van der Waals surface area contributed by atoms with Crippen molar-refractivity contribution in [2.45, 2.75) is 6.42 Å². The van der Waals surface area contributed by atoms with Crippen LogP contribution in [-0.2, 0) is 6.42 Å². The topological polar surface area (TPSA) is 39.3 Å². The number of nitrogens with one attached hydrogen (secondary N) is 1. The van der Waals surface area contributed by atoms with Gasteiger partial charge in [-0.1, -0.05) is 0 Å². The van der Waals surface area contributed by atoms with E-state index in [-0.39, 0.29) is 17.5 Å². The number of rotatable bonds is 5. The van der Waals surface area contributed by atoms with E-state index in [0.29, 0.717) is 31.1 Å². The highest BCUT2D eigenvalue weighted by atomic mass is 19.2. The molecule has 2 aromatic rings. The summed E-state index contributed by atoms with van der Waals surface area (Å²) in [6.45, 7) is 1.14. The van der Waals surface area contributed by atoms with E-state index in [0.717, 1.165) is 0 Å². The van der Waals surface area contributed by atoms with Crippen molar-refractivity contribution >= 4 is 10.9 Å². The maximum atomic E-state index is 13.7. The number of nitrogens with zero attached hydrogens (tertiary/aromatic N) is 1. The fourth-order valence-corrected chi connectivity index (χ4v) is 2.07. The lowest BCUT2D eigenvalue weighted by Gasteiger charge is -2.14. The van der Waals surface area contributed by atoms with Crippen LogP contribution in [0.2, 0.25) is 0 Å². The molecule has 0 fully saturated rings. The molecule has 1 aromatic heterocycles. The summed E-state index contributed by atoms with van der Waals surface area (Å²) in [7, 11) is 1.82. The normalized spacial score (nSPS) is 11.7. The summed E-state index contributed by atoms with van der Waals surface area (Å²) in [5.41, 5.74) is 0.452. The molecular formula is C13H15F3N2O. The summed E-state index contributed by atoms with van der Waals surface area (Å²) in [5, 5.41) is 8.87. The first kappa shape index (κ1) is 13.9. The molecule has 0 aliphatic rings. The predicted molar refractivity (Wildman–Crippen MR) is 66.5 cm³/mol. The maximum absolute atomic E-state index is 13.7. The SMILES string of the molecule is CN(CCO)CCc1c[nH]c2c(F)c(F)cc(F)c12. The van der Waals surface area contributed by atoms with E-state index in [1.807, 2.05) is 11.9 Å². The van der Waals surface area contributed by atoms with Gasteiger partial charge in [0, 0.05) is 30.7 Å². The Balaban J connectivity index is 2.28. The summed E-state index contributed by atoms with van der Waals surface area (Å²) >= 11 is 0. The highest BCUT2D eigenvalue weighted by Gasteiger charge is 2.17. The quantitative estimate of drug-likeness (QED) is 0.818. The monoisotopic (exact) mass is 272 g/mol. The number of aromatic nitrogens is 1. The number of H-pyrrole nitrogens is 1. The lowest BCUT2D eigenvalue weighted by atomic mass is 10.1. The molecule has 2 N–H and O–H groups in total. The Hall–Kier alpha value is -1.53. The van der Waals surface area contributed by atoms with Crippen molar-refractivity contribution in [2.75, 3.05) is 26.7 Å². The second-order valence-electron chi connectivity index (χ2n) is 4.49. The molecule has 2 rings (SSSR count). The third kappa shape index (κ3) is 2.74. The number of hydrogen-bond donors (Lipinski definition) is 2. The number of aliphatic hydroxyl groups excluding tert-OH is 1. The van der Waals surface area contributed by atoms with Crippen molar-refractivity contribution in [3.05, 3.63) is 35.3 Å². The van der Waals surface area contributed by atoms with Crippen LogP contribution in [0, 0.1) is 17.5 Å². The van der Waals surface area contributed by atoms with Crippen LogP contribution in [0.5, 0.6) is 0 Å². The summed E-state index contributed by atoms with van der Waals surface area (Å²) in [6, 6.07) is 0.562. The van der Waals surface area contributed by atoms with Gasteiger partial charge in [-0.05, 0) is 19.0 Å². The summed E-state index contributed by atoms with van der Waals surface area (Å²) in [6.07, 6.45) is 1.97. The van der Waals surface area contributed by atoms with Gasteiger partial charge in [-0.2, -0.15) is 0 Å². The van der Waals surface area contributed by atoms with Gasteiger partial charge in [-0.15, -0.1) is 0 Å². The largest absolute Gasteiger partial charge is 0.395 e. The van der Waals surface area contributed by atoms with Crippen molar-refractivity contribution in [1.82, 2.24) is 9.88 Å². The number of likely N-dealkylation sites (N-methyl/N-ethyl adjacent to an activating group) is 1. The van der Waals surface area contributed by atoms with Crippen LogP contribution in [0.15, 0.2) is 12.3 Å². The molecule has 0 aliphatic carbocycles. The van der Waals surface area contributed by atoms with Gasteiger partial charge in [-0.3, -0.25) is 0 Å². The third-order valence-electron chi connectivity index (χ3n) is 3.13. The smallest absolute Gasteiger partial charge is 0.183 e. The highest BCUT2D eigenvalue weighted by Crippen LogP contribution is 2.26. The average Bonchev–Trinajstić information content (AvgIpc) is 2.78. The summed E-state index contributed by atoms with van der Waals surface area (Å²) < 4.78 is 40.3. The van der Waals surface area contributed by atoms with Crippen LogP contribution in [0.3, 0.4) is 0 Å². The molecule has 0 atom stereocenters. The van der Waals surface area contributed by atoms with Gasteiger partial charge in [0.05, 0.1) is 12.1 Å². The third-order valence-corrected chi connectivity index (χ3v) is 3.13. The van der Waals surface area contributed by atoms with Gasteiger partial charge in [0.15, 0.2) is 11.6 Å². The zero-order valence-corrected chi connectivity index (χ0v) is 10.5. The second kappa shape index (κ2) is 5.63. The van der Waals surface area contributed by atoms with Crippen LogP contribution < -0.4 is 0 Å². The fourth-order valence-electron chi connectivity index (χ4n) is 2.07. The number of fused-ring (bicyclic) bond motifs is 1.